The average molecular weight is 432 g/mol. The van der Waals surface area contributed by atoms with Crippen molar-refractivity contribution in [3.63, 3.8) is 0 Å². The molecule has 5 rings (SSSR count). The van der Waals surface area contributed by atoms with E-state index in [1.807, 2.05) is 30.5 Å². The minimum absolute atomic E-state index is 0.0774. The molecule has 1 atom stereocenters. The maximum Gasteiger partial charge on any atom is 0.264 e. The number of aliphatic hydroxyl groups is 1. The van der Waals surface area contributed by atoms with Gasteiger partial charge >= 0.3 is 0 Å². The number of hydrogen-bond acceptors (Lipinski definition) is 5. The summed E-state index contributed by atoms with van der Waals surface area (Å²) in [7, 11) is 0. The normalized spacial score (nSPS) is 12.6. The Kier molecular flexibility index (Phi) is 4.82. The van der Waals surface area contributed by atoms with Crippen molar-refractivity contribution in [2.24, 2.45) is 0 Å². The summed E-state index contributed by atoms with van der Waals surface area (Å²) in [5.74, 6) is -0.356. The second-order valence-corrected chi connectivity index (χ2v) is 7.95. The summed E-state index contributed by atoms with van der Waals surface area (Å²) in [6.45, 7) is 4.44. The molecule has 0 aliphatic carbocycles. The minimum atomic E-state index is -0.821. The van der Waals surface area contributed by atoms with E-state index in [-0.39, 0.29) is 24.5 Å². The zero-order chi connectivity index (χ0) is 22.4. The molecule has 2 aromatic carbocycles. The average Bonchev–Trinajstić information content (AvgIpc) is 3.36. The molecule has 8 nitrogen and oxygen atoms in total. The SMILES string of the molecule is Cc1cc2ncn(CC(O)Cn3cnc4c(cnn4-c4ccc(F)cc4)c3=O)c2cc1C. The zero-order valence-corrected chi connectivity index (χ0v) is 17.6. The molecule has 3 aromatic heterocycles. The summed E-state index contributed by atoms with van der Waals surface area (Å²) in [6, 6.07) is 9.85. The van der Waals surface area contributed by atoms with Crippen LogP contribution in [0.5, 0.6) is 0 Å². The summed E-state index contributed by atoms with van der Waals surface area (Å²) in [5.41, 5.74) is 4.79. The number of imidazole rings is 1. The highest BCUT2D eigenvalue weighted by atomic mass is 19.1. The first kappa shape index (κ1) is 20.1. The van der Waals surface area contributed by atoms with Crippen molar-refractivity contribution in [2.75, 3.05) is 0 Å². The van der Waals surface area contributed by atoms with Gasteiger partial charge in [-0.3, -0.25) is 9.36 Å². The van der Waals surface area contributed by atoms with Crippen molar-refractivity contribution >= 4 is 22.1 Å². The van der Waals surface area contributed by atoms with Gasteiger partial charge in [0.25, 0.3) is 5.56 Å². The van der Waals surface area contributed by atoms with Gasteiger partial charge in [-0.05, 0) is 61.4 Å². The van der Waals surface area contributed by atoms with Crippen LogP contribution in [0, 0.1) is 19.7 Å². The lowest BCUT2D eigenvalue weighted by Gasteiger charge is -2.14. The first-order chi connectivity index (χ1) is 15.4. The van der Waals surface area contributed by atoms with Crippen LogP contribution < -0.4 is 5.56 Å². The van der Waals surface area contributed by atoms with Crippen LogP contribution in [0.15, 0.2) is 60.0 Å². The number of aromatic nitrogens is 6. The topological polar surface area (TPSA) is 90.8 Å². The van der Waals surface area contributed by atoms with Gasteiger partial charge in [-0.2, -0.15) is 5.10 Å². The molecular formula is C23H21FN6O2. The molecule has 0 spiro atoms. The molecule has 0 saturated heterocycles. The smallest absolute Gasteiger partial charge is 0.264 e. The highest BCUT2D eigenvalue weighted by Crippen LogP contribution is 2.19. The minimum Gasteiger partial charge on any atom is -0.389 e. The first-order valence-electron chi connectivity index (χ1n) is 10.2. The van der Waals surface area contributed by atoms with E-state index >= 15 is 0 Å². The number of hydrogen-bond donors (Lipinski definition) is 1. The van der Waals surface area contributed by atoms with Crippen LogP contribution in [0.3, 0.4) is 0 Å². The molecule has 0 amide bonds. The molecule has 1 N–H and O–H groups in total. The predicted octanol–water partition coefficient (Wildman–Crippen LogP) is 2.75. The fourth-order valence-electron chi connectivity index (χ4n) is 3.82. The van der Waals surface area contributed by atoms with Gasteiger partial charge < -0.3 is 9.67 Å². The molecule has 32 heavy (non-hydrogen) atoms. The van der Waals surface area contributed by atoms with Crippen molar-refractivity contribution in [3.8, 4) is 5.69 Å². The molecular weight excluding hydrogens is 411 g/mol. The fraction of sp³-hybridized carbons (Fsp3) is 0.217. The summed E-state index contributed by atoms with van der Waals surface area (Å²) in [6.07, 6.45) is 3.71. The Labute approximate surface area is 182 Å². The number of rotatable bonds is 5. The molecule has 9 heteroatoms. The van der Waals surface area contributed by atoms with E-state index in [2.05, 4.69) is 15.1 Å². The lowest BCUT2D eigenvalue weighted by Crippen LogP contribution is -2.29. The number of fused-ring (bicyclic) bond motifs is 2. The Bertz CT molecular complexity index is 1500. The van der Waals surface area contributed by atoms with Gasteiger partial charge in [-0.15, -0.1) is 0 Å². The molecule has 3 heterocycles. The third-order valence-electron chi connectivity index (χ3n) is 5.68. The summed E-state index contributed by atoms with van der Waals surface area (Å²) in [4.78, 5) is 21.7. The van der Waals surface area contributed by atoms with Crippen molar-refractivity contribution in [1.82, 2.24) is 28.9 Å². The lowest BCUT2D eigenvalue weighted by molar-refractivity contribution is 0.134. The van der Waals surface area contributed by atoms with Crippen molar-refractivity contribution < 1.29 is 9.50 Å². The second kappa shape index (κ2) is 7.69. The Morgan fingerprint density at radius 2 is 1.69 bits per heavy atom. The highest BCUT2D eigenvalue weighted by molar-refractivity contribution is 5.77. The Morgan fingerprint density at radius 1 is 1.00 bits per heavy atom. The first-order valence-corrected chi connectivity index (χ1v) is 10.2. The number of aliphatic hydroxyl groups excluding tert-OH is 1. The van der Waals surface area contributed by atoms with Crippen LogP contribution in [0.1, 0.15) is 11.1 Å². The van der Waals surface area contributed by atoms with Crippen LogP contribution in [-0.2, 0) is 13.1 Å². The third kappa shape index (κ3) is 3.46. The highest BCUT2D eigenvalue weighted by Gasteiger charge is 2.15. The van der Waals surface area contributed by atoms with Gasteiger partial charge in [-0.1, -0.05) is 0 Å². The molecule has 0 aliphatic heterocycles. The Balaban J connectivity index is 1.41. The van der Waals surface area contributed by atoms with Crippen molar-refractivity contribution in [1.29, 1.82) is 0 Å². The molecule has 162 valence electrons. The summed E-state index contributed by atoms with van der Waals surface area (Å²) >= 11 is 0. The molecule has 0 saturated carbocycles. The standard InChI is InChI=1S/C23H21FN6O2/c1-14-7-20-21(8-15(14)2)28(12-25-20)10-18(31)11-29-13-26-22-19(23(29)32)9-27-30(22)17-5-3-16(24)4-6-17/h3-9,12-13,18,31H,10-11H2,1-2H3. The van der Waals surface area contributed by atoms with Gasteiger partial charge in [0, 0.05) is 0 Å². The molecule has 0 bridgehead atoms. The largest absolute Gasteiger partial charge is 0.389 e. The monoisotopic (exact) mass is 432 g/mol. The zero-order valence-electron chi connectivity index (χ0n) is 17.6. The lowest BCUT2D eigenvalue weighted by atomic mass is 10.1. The van der Waals surface area contributed by atoms with Gasteiger partial charge in [0.15, 0.2) is 5.65 Å². The van der Waals surface area contributed by atoms with Gasteiger partial charge in [-0.25, -0.2) is 19.0 Å². The molecule has 0 radical (unpaired) electrons. The van der Waals surface area contributed by atoms with Crippen molar-refractivity contribution in [3.05, 3.63) is 82.5 Å². The quantitative estimate of drug-likeness (QED) is 0.461. The van der Waals surface area contributed by atoms with E-state index in [0.29, 0.717) is 16.7 Å². The Morgan fingerprint density at radius 3 is 2.47 bits per heavy atom. The third-order valence-corrected chi connectivity index (χ3v) is 5.68. The molecule has 0 aliphatic rings. The number of nitrogens with zero attached hydrogens (tertiary/aromatic N) is 6. The number of benzene rings is 2. The van der Waals surface area contributed by atoms with Gasteiger partial charge in [0.2, 0.25) is 0 Å². The summed E-state index contributed by atoms with van der Waals surface area (Å²) < 4.78 is 18.0. The van der Waals surface area contributed by atoms with Crippen LogP contribution in [-0.4, -0.2) is 40.1 Å². The van der Waals surface area contributed by atoms with E-state index in [1.54, 1.807) is 18.5 Å². The fourth-order valence-corrected chi connectivity index (χ4v) is 3.82. The summed E-state index contributed by atoms with van der Waals surface area (Å²) in [5, 5.41) is 15.2. The molecule has 1 unspecified atom stereocenters. The van der Waals surface area contributed by atoms with E-state index in [1.165, 1.54) is 33.9 Å². The van der Waals surface area contributed by atoms with Crippen LogP contribution >= 0.6 is 0 Å². The number of halogens is 1. The second-order valence-electron chi connectivity index (χ2n) is 7.95. The maximum atomic E-state index is 13.2. The number of aryl methyl sites for hydroxylation is 2. The van der Waals surface area contributed by atoms with E-state index in [9.17, 15) is 14.3 Å². The van der Waals surface area contributed by atoms with E-state index in [0.717, 1.165) is 22.2 Å². The van der Waals surface area contributed by atoms with Gasteiger partial charge in [0.1, 0.15) is 17.5 Å². The molecule has 5 aromatic rings. The van der Waals surface area contributed by atoms with Gasteiger partial charge in [0.05, 0.1) is 48.4 Å². The van der Waals surface area contributed by atoms with Crippen molar-refractivity contribution in [2.45, 2.75) is 33.0 Å². The van der Waals surface area contributed by atoms with Crippen LogP contribution in [0.25, 0.3) is 27.8 Å². The maximum absolute atomic E-state index is 13.2. The van der Waals surface area contributed by atoms with E-state index < -0.39 is 6.10 Å². The van der Waals surface area contributed by atoms with Crippen LogP contribution in [0.4, 0.5) is 4.39 Å². The molecule has 0 fully saturated rings. The van der Waals surface area contributed by atoms with E-state index in [4.69, 9.17) is 0 Å². The Hall–Kier alpha value is -3.85. The van der Waals surface area contributed by atoms with Crippen LogP contribution in [0.2, 0.25) is 0 Å². The predicted molar refractivity (Wildman–Crippen MR) is 118 cm³/mol.